The third-order valence-electron chi connectivity index (χ3n) is 13.5. The average Bonchev–Trinajstić information content (AvgIpc) is 3.69. The van der Waals surface area contributed by atoms with E-state index in [2.05, 4.69) is 245 Å². The van der Waals surface area contributed by atoms with Crippen molar-refractivity contribution in [2.24, 2.45) is 0 Å². The second-order valence-electron chi connectivity index (χ2n) is 17.7. The maximum Gasteiger partial charge on any atom is 0.0546 e. The molecule has 9 aromatic rings. The topological polar surface area (TPSA) is 3.24 Å². The molecule has 0 aromatic heterocycles. The van der Waals surface area contributed by atoms with Gasteiger partial charge in [0.05, 0.1) is 11.4 Å². The van der Waals surface area contributed by atoms with E-state index in [9.17, 15) is 0 Å². The standard InChI is InChI=1S/C60H47N/c1-59(2)51-31-15-13-27-47(51)50-39-43(36-37-53(50)59)42-24-17-25-44(38-42)61(56-35-19-33-54-58(56)49-29-14-16-32-52(49)60(54,3)4)55-34-18-30-46(41-22-9-6-10-23-41)57(55)48-28-12-11-26-45(48)40-20-7-5-8-21-40/h5-39H,1-4H3. The third-order valence-corrected chi connectivity index (χ3v) is 13.5. The van der Waals surface area contributed by atoms with Crippen LogP contribution in [0.15, 0.2) is 212 Å². The van der Waals surface area contributed by atoms with Crippen LogP contribution in [0.25, 0.3) is 66.8 Å². The van der Waals surface area contributed by atoms with E-state index in [-0.39, 0.29) is 10.8 Å². The van der Waals surface area contributed by atoms with Gasteiger partial charge in [0.1, 0.15) is 0 Å². The second kappa shape index (κ2) is 14.2. The van der Waals surface area contributed by atoms with Gasteiger partial charge in [0.25, 0.3) is 0 Å². The maximum atomic E-state index is 2.55. The molecule has 0 saturated heterocycles. The van der Waals surface area contributed by atoms with Crippen molar-refractivity contribution in [1.29, 1.82) is 0 Å². The Bertz CT molecular complexity index is 3130. The fourth-order valence-electron chi connectivity index (χ4n) is 10.5. The average molecular weight is 782 g/mol. The zero-order chi connectivity index (χ0) is 41.3. The Morgan fingerprint density at radius 3 is 1.46 bits per heavy atom. The van der Waals surface area contributed by atoms with Gasteiger partial charge in [-0.3, -0.25) is 0 Å². The lowest BCUT2D eigenvalue weighted by Crippen LogP contribution is -2.16. The van der Waals surface area contributed by atoms with Crippen LogP contribution in [0.4, 0.5) is 17.1 Å². The molecular formula is C60H47N. The van der Waals surface area contributed by atoms with Crippen molar-refractivity contribution in [3.63, 3.8) is 0 Å². The van der Waals surface area contributed by atoms with Crippen LogP contribution >= 0.6 is 0 Å². The molecule has 1 nitrogen and oxygen atoms in total. The minimum absolute atomic E-state index is 0.0446. The smallest absolute Gasteiger partial charge is 0.0546 e. The Labute approximate surface area is 360 Å². The molecule has 0 radical (unpaired) electrons. The van der Waals surface area contributed by atoms with Crippen LogP contribution in [-0.2, 0) is 10.8 Å². The highest BCUT2D eigenvalue weighted by Crippen LogP contribution is 2.56. The van der Waals surface area contributed by atoms with E-state index in [4.69, 9.17) is 0 Å². The molecule has 0 fully saturated rings. The Hall–Kier alpha value is -7.22. The lowest BCUT2D eigenvalue weighted by molar-refractivity contribution is 0.660. The monoisotopic (exact) mass is 781 g/mol. The van der Waals surface area contributed by atoms with Gasteiger partial charge in [-0.2, -0.15) is 0 Å². The van der Waals surface area contributed by atoms with Crippen LogP contribution in [0, 0.1) is 0 Å². The fourth-order valence-corrected chi connectivity index (χ4v) is 10.5. The molecule has 0 aliphatic heterocycles. The SMILES string of the molecule is CC1(C)c2ccccc2-c2cc(-c3cccc(N(c4cccc(-c5ccccc5)c4-c4ccccc4-c4ccccc4)c4cccc5c4-c4ccccc4C5(C)C)c3)ccc21. The van der Waals surface area contributed by atoms with Gasteiger partial charge in [-0.15, -0.1) is 0 Å². The van der Waals surface area contributed by atoms with Crippen molar-refractivity contribution < 1.29 is 0 Å². The Balaban J connectivity index is 1.20. The summed E-state index contributed by atoms with van der Waals surface area (Å²) in [5.41, 5.74) is 23.5. The highest BCUT2D eigenvalue weighted by atomic mass is 15.1. The van der Waals surface area contributed by atoms with E-state index in [0.29, 0.717) is 0 Å². The van der Waals surface area contributed by atoms with Gasteiger partial charge in [0.15, 0.2) is 0 Å². The van der Waals surface area contributed by atoms with Crippen molar-refractivity contribution in [3.8, 4) is 66.8 Å². The number of benzene rings is 9. The number of rotatable bonds is 7. The van der Waals surface area contributed by atoms with Crippen molar-refractivity contribution in [3.05, 3.63) is 235 Å². The summed E-state index contributed by atoms with van der Waals surface area (Å²) in [6.07, 6.45) is 0. The fraction of sp³-hybridized carbons (Fsp3) is 0.100. The largest absolute Gasteiger partial charge is 0.309 e. The summed E-state index contributed by atoms with van der Waals surface area (Å²) in [5, 5.41) is 0. The van der Waals surface area contributed by atoms with Gasteiger partial charge in [-0.05, 0) is 108 Å². The summed E-state index contributed by atoms with van der Waals surface area (Å²) in [5.74, 6) is 0. The molecule has 0 amide bonds. The van der Waals surface area contributed by atoms with E-state index in [1.54, 1.807) is 0 Å². The molecule has 2 aliphatic rings. The first-order chi connectivity index (χ1) is 29.8. The molecule has 0 heterocycles. The van der Waals surface area contributed by atoms with Crippen LogP contribution in [0.1, 0.15) is 49.9 Å². The molecule has 2 aliphatic carbocycles. The highest BCUT2D eigenvalue weighted by molar-refractivity contribution is 6.04. The summed E-state index contributed by atoms with van der Waals surface area (Å²) in [7, 11) is 0. The zero-order valence-corrected chi connectivity index (χ0v) is 35.2. The van der Waals surface area contributed by atoms with Crippen LogP contribution < -0.4 is 4.90 Å². The van der Waals surface area contributed by atoms with Gasteiger partial charge in [0, 0.05) is 27.6 Å². The first-order valence-electron chi connectivity index (χ1n) is 21.5. The van der Waals surface area contributed by atoms with Crippen molar-refractivity contribution in [2.75, 3.05) is 4.90 Å². The van der Waals surface area contributed by atoms with Crippen molar-refractivity contribution in [1.82, 2.24) is 0 Å². The Morgan fingerprint density at radius 1 is 0.279 bits per heavy atom. The van der Waals surface area contributed by atoms with E-state index in [1.807, 2.05) is 0 Å². The van der Waals surface area contributed by atoms with Crippen molar-refractivity contribution >= 4 is 17.1 Å². The minimum Gasteiger partial charge on any atom is -0.309 e. The number of hydrogen-bond donors (Lipinski definition) is 0. The van der Waals surface area contributed by atoms with Gasteiger partial charge in [0.2, 0.25) is 0 Å². The molecule has 0 unspecified atom stereocenters. The van der Waals surface area contributed by atoms with Gasteiger partial charge < -0.3 is 4.90 Å². The van der Waals surface area contributed by atoms with Crippen LogP contribution in [-0.4, -0.2) is 0 Å². The van der Waals surface area contributed by atoms with E-state index in [0.717, 1.165) is 11.4 Å². The molecule has 9 aromatic carbocycles. The molecule has 0 atom stereocenters. The normalized spacial score (nSPS) is 13.8. The number of hydrogen-bond acceptors (Lipinski definition) is 1. The molecule has 292 valence electrons. The van der Waals surface area contributed by atoms with Gasteiger partial charge >= 0.3 is 0 Å². The third kappa shape index (κ3) is 5.83. The highest BCUT2D eigenvalue weighted by Gasteiger charge is 2.39. The summed E-state index contributed by atoms with van der Waals surface area (Å²) >= 11 is 0. The Morgan fingerprint density at radius 2 is 0.738 bits per heavy atom. The van der Waals surface area contributed by atoms with Gasteiger partial charge in [-0.1, -0.05) is 210 Å². The lowest BCUT2D eigenvalue weighted by atomic mass is 9.82. The van der Waals surface area contributed by atoms with Gasteiger partial charge in [-0.25, -0.2) is 0 Å². The van der Waals surface area contributed by atoms with Crippen LogP contribution in [0.3, 0.4) is 0 Å². The van der Waals surface area contributed by atoms with Crippen molar-refractivity contribution in [2.45, 2.75) is 38.5 Å². The molecule has 0 spiro atoms. The molecular weight excluding hydrogens is 735 g/mol. The number of nitrogens with zero attached hydrogens (tertiary/aromatic N) is 1. The Kier molecular flexibility index (Phi) is 8.58. The molecule has 0 N–H and O–H groups in total. The minimum atomic E-state index is -0.154. The van der Waals surface area contributed by atoms with E-state index in [1.165, 1.54) is 94.7 Å². The quantitative estimate of drug-likeness (QED) is 0.156. The molecule has 61 heavy (non-hydrogen) atoms. The zero-order valence-electron chi connectivity index (χ0n) is 35.2. The molecule has 0 bridgehead atoms. The summed E-state index contributed by atoms with van der Waals surface area (Å²) in [4.78, 5) is 2.55. The van der Waals surface area contributed by atoms with Crippen LogP contribution in [0.5, 0.6) is 0 Å². The first kappa shape index (κ1) is 36.8. The number of anilines is 3. The van der Waals surface area contributed by atoms with Crippen LogP contribution in [0.2, 0.25) is 0 Å². The van der Waals surface area contributed by atoms with E-state index < -0.39 is 0 Å². The lowest BCUT2D eigenvalue weighted by Gasteiger charge is -2.32. The predicted molar refractivity (Wildman–Crippen MR) is 258 cm³/mol. The summed E-state index contributed by atoms with van der Waals surface area (Å²) in [6, 6.07) is 78.7. The molecule has 11 rings (SSSR count). The number of fused-ring (bicyclic) bond motifs is 6. The summed E-state index contributed by atoms with van der Waals surface area (Å²) < 4.78 is 0. The second-order valence-corrected chi connectivity index (χ2v) is 17.7. The first-order valence-corrected chi connectivity index (χ1v) is 21.5. The maximum absolute atomic E-state index is 2.55. The predicted octanol–water partition coefficient (Wildman–Crippen LogP) is 16.4. The summed E-state index contributed by atoms with van der Waals surface area (Å²) in [6.45, 7) is 9.45. The van der Waals surface area contributed by atoms with E-state index >= 15 is 0 Å². The molecule has 0 saturated carbocycles. The molecule has 1 heteroatoms.